The lowest BCUT2D eigenvalue weighted by Crippen LogP contribution is -2.10. The van der Waals surface area contributed by atoms with Gasteiger partial charge in [-0.25, -0.2) is 4.98 Å². The van der Waals surface area contributed by atoms with E-state index in [1.807, 2.05) is 50.4 Å². The van der Waals surface area contributed by atoms with Crippen molar-refractivity contribution in [2.24, 2.45) is 0 Å². The van der Waals surface area contributed by atoms with Gasteiger partial charge in [0.1, 0.15) is 17.6 Å². The van der Waals surface area contributed by atoms with Crippen LogP contribution in [0, 0.1) is 13.8 Å². The second-order valence-electron chi connectivity index (χ2n) is 6.92. The molecule has 146 valence electrons. The third kappa shape index (κ3) is 3.49. The number of hydrogen-bond donors (Lipinski definition) is 1. The number of nitrogens with one attached hydrogen (secondary N) is 1. The van der Waals surface area contributed by atoms with Gasteiger partial charge in [-0.2, -0.15) is 0 Å². The number of benzene rings is 1. The smallest absolute Gasteiger partial charge is 0.248 e. The van der Waals surface area contributed by atoms with Gasteiger partial charge in [0.25, 0.3) is 0 Å². The highest BCUT2D eigenvalue weighted by Gasteiger charge is 2.22. The average molecular weight is 398 g/mol. The lowest BCUT2D eigenvalue weighted by molar-refractivity contribution is -0.111. The van der Waals surface area contributed by atoms with Crippen LogP contribution in [0.4, 0.5) is 5.69 Å². The van der Waals surface area contributed by atoms with Crippen molar-refractivity contribution >= 4 is 34.0 Å². The van der Waals surface area contributed by atoms with Gasteiger partial charge in [-0.3, -0.25) is 9.20 Å². The highest BCUT2D eigenvalue weighted by Crippen LogP contribution is 2.38. The van der Waals surface area contributed by atoms with E-state index in [9.17, 15) is 4.79 Å². The summed E-state index contributed by atoms with van der Waals surface area (Å²) in [6, 6.07) is 3.81. The van der Waals surface area contributed by atoms with Gasteiger partial charge in [-0.15, -0.1) is 11.3 Å². The molecule has 1 amide bonds. The maximum atomic E-state index is 12.6. The van der Waals surface area contributed by atoms with Crippen LogP contribution in [0.25, 0.3) is 11.0 Å². The van der Waals surface area contributed by atoms with Crippen LogP contribution in [-0.2, 0) is 11.2 Å². The Hall–Kier alpha value is -2.80. The van der Waals surface area contributed by atoms with Crippen LogP contribution in [0.2, 0.25) is 0 Å². The van der Waals surface area contributed by atoms with Gasteiger partial charge in [0.05, 0.1) is 23.7 Å². The zero-order chi connectivity index (χ0) is 19.8. The zero-order valence-electron chi connectivity index (χ0n) is 16.4. The lowest BCUT2D eigenvalue weighted by atomic mass is 10.1. The van der Waals surface area contributed by atoms with E-state index in [2.05, 4.69) is 10.3 Å². The van der Waals surface area contributed by atoms with E-state index in [1.165, 1.54) is 11.0 Å². The molecular formula is C21H23N3O3S. The molecule has 0 saturated heterocycles. The minimum Gasteiger partial charge on any atom is -0.492 e. The van der Waals surface area contributed by atoms with Gasteiger partial charge in [0.2, 0.25) is 5.91 Å². The molecule has 0 unspecified atom stereocenters. The molecule has 1 atom stereocenters. The molecular weight excluding hydrogens is 374 g/mol. The summed E-state index contributed by atoms with van der Waals surface area (Å²) in [6.07, 6.45) is 6.33. The maximum Gasteiger partial charge on any atom is 0.248 e. The van der Waals surface area contributed by atoms with E-state index in [-0.39, 0.29) is 12.0 Å². The van der Waals surface area contributed by atoms with Crippen molar-refractivity contribution in [3.05, 3.63) is 46.2 Å². The molecule has 0 aliphatic carbocycles. The molecule has 1 aromatic carbocycles. The lowest BCUT2D eigenvalue weighted by Gasteiger charge is -2.12. The number of imidazole rings is 1. The van der Waals surface area contributed by atoms with Gasteiger partial charge < -0.3 is 14.8 Å². The first kappa shape index (κ1) is 18.6. The first-order valence-electron chi connectivity index (χ1n) is 9.35. The predicted molar refractivity (Wildman–Crippen MR) is 112 cm³/mol. The molecule has 6 nitrogen and oxygen atoms in total. The Morgan fingerprint density at radius 3 is 3.07 bits per heavy atom. The molecule has 3 heterocycles. The molecule has 1 aliphatic rings. The minimum absolute atomic E-state index is 0.136. The number of hydrogen-bond acceptors (Lipinski definition) is 5. The second-order valence-corrected chi connectivity index (χ2v) is 8.13. The van der Waals surface area contributed by atoms with Gasteiger partial charge in [-0.05, 0) is 39.8 Å². The fraction of sp³-hybridized carbons (Fsp3) is 0.333. The normalized spacial score (nSPS) is 15.8. The molecule has 28 heavy (non-hydrogen) atoms. The number of nitrogens with zero attached hydrogens (tertiary/aromatic N) is 2. The number of rotatable bonds is 5. The van der Waals surface area contributed by atoms with Crippen molar-refractivity contribution in [3.8, 4) is 11.5 Å². The summed E-state index contributed by atoms with van der Waals surface area (Å²) in [6.45, 7) is 8.47. The van der Waals surface area contributed by atoms with Crippen molar-refractivity contribution in [3.63, 3.8) is 0 Å². The first-order valence-corrected chi connectivity index (χ1v) is 10.2. The summed E-state index contributed by atoms with van der Waals surface area (Å²) in [5.74, 6) is 1.24. The number of carbonyl (C=O) groups excluding carboxylic acids is 1. The predicted octanol–water partition coefficient (Wildman–Crippen LogP) is 4.39. The summed E-state index contributed by atoms with van der Waals surface area (Å²) in [5, 5.41) is 2.92. The average Bonchev–Trinajstić information content (AvgIpc) is 3.24. The van der Waals surface area contributed by atoms with Gasteiger partial charge in [0, 0.05) is 35.2 Å². The van der Waals surface area contributed by atoms with E-state index in [4.69, 9.17) is 9.47 Å². The Kier molecular flexibility index (Phi) is 4.85. The van der Waals surface area contributed by atoms with Gasteiger partial charge in [-0.1, -0.05) is 0 Å². The maximum absolute atomic E-state index is 12.6. The summed E-state index contributed by atoms with van der Waals surface area (Å²) >= 11 is 1.63. The monoisotopic (exact) mass is 397 g/mol. The van der Waals surface area contributed by atoms with Crippen LogP contribution in [-0.4, -0.2) is 28.0 Å². The largest absolute Gasteiger partial charge is 0.492 e. The highest BCUT2D eigenvalue weighted by molar-refractivity contribution is 7.17. The van der Waals surface area contributed by atoms with E-state index in [1.54, 1.807) is 17.4 Å². The highest BCUT2D eigenvalue weighted by atomic mass is 32.1. The van der Waals surface area contributed by atoms with E-state index in [0.29, 0.717) is 18.0 Å². The van der Waals surface area contributed by atoms with E-state index in [0.717, 1.165) is 34.1 Å². The summed E-state index contributed by atoms with van der Waals surface area (Å²) in [7, 11) is 0. The summed E-state index contributed by atoms with van der Waals surface area (Å²) in [4.78, 5) is 19.2. The number of aromatic nitrogens is 2. The first-order chi connectivity index (χ1) is 13.4. The molecule has 4 rings (SSSR count). The SMILES string of the molecule is CCOc1cc2c(cc1NC(=O)/C=C\c1c(C)nc3sc(C)cn13)O[C@@H](C)C2. The van der Waals surface area contributed by atoms with Crippen LogP contribution < -0.4 is 14.8 Å². The van der Waals surface area contributed by atoms with Crippen LogP contribution >= 0.6 is 11.3 Å². The summed E-state index contributed by atoms with van der Waals surface area (Å²) in [5.41, 5.74) is 3.52. The quantitative estimate of drug-likeness (QED) is 0.649. The number of fused-ring (bicyclic) bond motifs is 2. The fourth-order valence-corrected chi connectivity index (χ4v) is 4.30. The van der Waals surface area contributed by atoms with Crippen LogP contribution in [0.15, 0.2) is 24.4 Å². The number of carbonyl (C=O) groups is 1. The number of ether oxygens (including phenoxy) is 2. The Morgan fingerprint density at radius 1 is 1.46 bits per heavy atom. The van der Waals surface area contributed by atoms with E-state index >= 15 is 0 Å². The van der Waals surface area contributed by atoms with Crippen molar-refractivity contribution in [2.75, 3.05) is 11.9 Å². The Balaban J connectivity index is 1.57. The number of anilines is 1. The van der Waals surface area contributed by atoms with Crippen LogP contribution in [0.1, 0.15) is 35.7 Å². The van der Waals surface area contributed by atoms with Crippen molar-refractivity contribution in [1.29, 1.82) is 0 Å². The molecule has 0 saturated carbocycles. The minimum atomic E-state index is -0.228. The zero-order valence-corrected chi connectivity index (χ0v) is 17.2. The molecule has 1 N–H and O–H groups in total. The molecule has 3 aromatic rings. The topological polar surface area (TPSA) is 64.9 Å². The summed E-state index contributed by atoms with van der Waals surface area (Å²) < 4.78 is 13.5. The second kappa shape index (κ2) is 7.31. The molecule has 2 aromatic heterocycles. The standard InChI is InChI=1S/C21H23N3O3S/c1-5-26-19-9-15-8-12(2)27-18(15)10-16(19)23-20(25)7-6-17-14(4)22-21-24(17)11-13(3)28-21/h6-7,9-12H,5,8H2,1-4H3,(H,23,25)/b7-6-/t12-/m0/s1. The Morgan fingerprint density at radius 2 is 2.29 bits per heavy atom. The molecule has 7 heteroatoms. The van der Waals surface area contributed by atoms with Crippen LogP contribution in [0.3, 0.4) is 0 Å². The third-order valence-corrected chi connectivity index (χ3v) is 5.51. The molecule has 0 spiro atoms. The molecule has 0 bridgehead atoms. The molecule has 0 fully saturated rings. The van der Waals surface area contributed by atoms with Gasteiger partial charge >= 0.3 is 0 Å². The van der Waals surface area contributed by atoms with Crippen molar-refractivity contribution in [1.82, 2.24) is 9.38 Å². The fourth-order valence-electron chi connectivity index (χ4n) is 3.42. The Labute approximate surface area is 167 Å². The number of aryl methyl sites for hydroxylation is 2. The molecule has 0 radical (unpaired) electrons. The third-order valence-electron chi connectivity index (χ3n) is 4.61. The van der Waals surface area contributed by atoms with Crippen molar-refractivity contribution < 1.29 is 14.3 Å². The van der Waals surface area contributed by atoms with Gasteiger partial charge in [0.15, 0.2) is 4.96 Å². The number of amides is 1. The van der Waals surface area contributed by atoms with E-state index < -0.39 is 0 Å². The number of thiazole rings is 1. The van der Waals surface area contributed by atoms with Crippen molar-refractivity contribution in [2.45, 2.75) is 40.2 Å². The molecule has 1 aliphatic heterocycles. The Bertz CT molecular complexity index is 1080. The van der Waals surface area contributed by atoms with Crippen LogP contribution in [0.5, 0.6) is 11.5 Å².